The van der Waals surface area contributed by atoms with E-state index in [4.69, 9.17) is 28.4 Å². The van der Waals surface area contributed by atoms with E-state index in [0.717, 1.165) is 147 Å². The van der Waals surface area contributed by atoms with Gasteiger partial charge in [-0.15, -0.1) is 0 Å². The van der Waals surface area contributed by atoms with Crippen molar-refractivity contribution in [2.24, 2.45) is 5.92 Å². The predicted octanol–water partition coefficient (Wildman–Crippen LogP) is 20.4. The molecule has 0 amide bonds. The summed E-state index contributed by atoms with van der Waals surface area (Å²) in [7, 11) is 0. The molecule has 0 saturated heterocycles. The third-order valence-electron chi connectivity index (χ3n) is 18.2. The Labute approximate surface area is 566 Å². The molecule has 0 bridgehead atoms. The average Bonchev–Trinajstić information content (AvgIpc) is 1.61. The molecule has 0 spiro atoms. The Bertz CT molecular complexity index is 3480. The van der Waals surface area contributed by atoms with E-state index < -0.39 is 53.9 Å². The van der Waals surface area contributed by atoms with Crippen LogP contribution in [0.25, 0.3) is 22.3 Å². The summed E-state index contributed by atoms with van der Waals surface area (Å²) in [5.41, 5.74) is 11.3. The first-order valence-corrected chi connectivity index (χ1v) is 35.0. The highest BCUT2D eigenvalue weighted by atomic mass is 16.6. The second-order valence-corrected chi connectivity index (χ2v) is 25.8. The van der Waals surface area contributed by atoms with Crippen molar-refractivity contribution in [2.45, 2.75) is 188 Å². The highest BCUT2D eigenvalue weighted by Gasteiger charge is 2.36. The predicted molar refractivity (Wildman–Crippen MR) is 375 cm³/mol. The first-order chi connectivity index (χ1) is 46.8. The molecule has 2 aliphatic rings. The maximum atomic E-state index is 14.4. The fourth-order valence-corrected chi connectivity index (χ4v) is 12.8. The van der Waals surface area contributed by atoms with Crippen LogP contribution in [0.4, 0.5) is 0 Å². The van der Waals surface area contributed by atoms with Crippen molar-refractivity contribution in [3.8, 4) is 45.3 Å². The molecule has 0 atom stereocenters. The van der Waals surface area contributed by atoms with Gasteiger partial charge in [0.25, 0.3) is 0 Å². The van der Waals surface area contributed by atoms with Gasteiger partial charge in [0.2, 0.25) is 0 Å². The molecule has 0 unspecified atom stereocenters. The van der Waals surface area contributed by atoms with E-state index in [1.54, 1.807) is 104 Å². The quantitative estimate of drug-likeness (QED) is 0.0214. The van der Waals surface area contributed by atoms with Crippen molar-refractivity contribution in [1.29, 1.82) is 0 Å². The fourth-order valence-electron chi connectivity index (χ4n) is 12.8. The highest BCUT2D eigenvalue weighted by molar-refractivity contribution is 5.94. The van der Waals surface area contributed by atoms with Crippen LogP contribution in [0.2, 0.25) is 0 Å². The number of esters is 6. The first kappa shape index (κ1) is 69.4. The van der Waals surface area contributed by atoms with Crippen LogP contribution in [0.5, 0.6) is 23.0 Å². The SMILES string of the molecule is CCCCCCc1ccc(C(=O)Oc2ccc3c(c2)C(OC(=O)CC(C)CC(=O)OC2c4cc(OC(=O)c5ccc(CCCCCC)cc5)ccc4-c4ccc(OC(=O)c5ccc(CCCCCC)cc5)cc42)c2cc(OC(=O)c4ccc(CCCCCC)cc4)ccc2-3)cc1. The van der Waals surface area contributed by atoms with Crippen molar-refractivity contribution in [3.63, 3.8) is 0 Å². The Balaban J connectivity index is 0.856. The molecule has 498 valence electrons. The van der Waals surface area contributed by atoms with Gasteiger partial charge in [0.05, 0.1) is 22.3 Å². The average molecular weight is 1290 g/mol. The Hall–Kier alpha value is -9.42. The summed E-state index contributed by atoms with van der Waals surface area (Å²) in [6.45, 7) is 10.5. The number of ether oxygens (including phenoxy) is 6. The highest BCUT2D eigenvalue weighted by Crippen LogP contribution is 2.50. The lowest BCUT2D eigenvalue weighted by atomic mass is 10.0. The van der Waals surface area contributed by atoms with Crippen LogP contribution < -0.4 is 18.9 Å². The minimum atomic E-state index is -1.02. The molecule has 12 heteroatoms. The second kappa shape index (κ2) is 34.3. The van der Waals surface area contributed by atoms with Gasteiger partial charge >= 0.3 is 35.8 Å². The zero-order chi connectivity index (χ0) is 67.3. The van der Waals surface area contributed by atoms with Gasteiger partial charge in [-0.2, -0.15) is 0 Å². The van der Waals surface area contributed by atoms with Gasteiger partial charge in [0, 0.05) is 35.1 Å². The molecule has 0 saturated carbocycles. The summed E-state index contributed by atoms with van der Waals surface area (Å²) in [6.07, 6.45) is 19.6. The van der Waals surface area contributed by atoms with Crippen LogP contribution in [0.15, 0.2) is 170 Å². The van der Waals surface area contributed by atoms with Gasteiger partial charge in [-0.05, 0) is 199 Å². The monoisotopic (exact) mass is 1290 g/mol. The molecule has 12 nitrogen and oxygen atoms in total. The van der Waals surface area contributed by atoms with E-state index in [9.17, 15) is 28.8 Å². The lowest BCUT2D eigenvalue weighted by molar-refractivity contribution is -0.151. The lowest BCUT2D eigenvalue weighted by Gasteiger charge is -2.19. The van der Waals surface area contributed by atoms with Gasteiger partial charge in [0.1, 0.15) is 23.0 Å². The Morgan fingerprint density at radius 2 is 0.531 bits per heavy atom. The molecular weight excluding hydrogens is 1200 g/mol. The number of hydrogen-bond acceptors (Lipinski definition) is 12. The third-order valence-corrected chi connectivity index (χ3v) is 18.2. The summed E-state index contributed by atoms with van der Waals surface area (Å²) in [5.74, 6) is -3.01. The van der Waals surface area contributed by atoms with E-state index in [1.165, 1.54) is 25.7 Å². The van der Waals surface area contributed by atoms with Crippen LogP contribution in [-0.4, -0.2) is 35.8 Å². The van der Waals surface area contributed by atoms with Crippen molar-refractivity contribution < 1.29 is 57.2 Å². The number of carbonyl (C=O) groups excluding carboxylic acids is 6. The van der Waals surface area contributed by atoms with Crippen molar-refractivity contribution in [3.05, 3.63) is 237 Å². The second-order valence-electron chi connectivity index (χ2n) is 25.8. The van der Waals surface area contributed by atoms with E-state index in [1.807, 2.05) is 72.8 Å². The molecule has 0 aromatic heterocycles. The molecule has 0 radical (unpaired) electrons. The van der Waals surface area contributed by atoms with Crippen molar-refractivity contribution in [1.82, 2.24) is 0 Å². The fraction of sp³-hybridized carbons (Fsp3) is 0.357. The van der Waals surface area contributed by atoms with Crippen LogP contribution in [0, 0.1) is 5.92 Å². The molecule has 96 heavy (non-hydrogen) atoms. The molecule has 0 heterocycles. The van der Waals surface area contributed by atoms with E-state index in [-0.39, 0.29) is 35.8 Å². The van der Waals surface area contributed by atoms with Crippen LogP contribution >= 0.6 is 0 Å². The lowest BCUT2D eigenvalue weighted by Crippen LogP contribution is -2.18. The summed E-state index contributed by atoms with van der Waals surface area (Å²) >= 11 is 0. The molecule has 8 aromatic carbocycles. The van der Waals surface area contributed by atoms with Crippen LogP contribution in [-0.2, 0) is 44.7 Å². The maximum absolute atomic E-state index is 14.4. The molecular formula is C84H90O12. The molecule has 10 rings (SSSR count). The third kappa shape index (κ3) is 18.5. The molecule has 8 aromatic rings. The van der Waals surface area contributed by atoms with Crippen molar-refractivity contribution >= 4 is 35.8 Å². The Kier molecular flexibility index (Phi) is 24.8. The number of hydrogen-bond donors (Lipinski definition) is 0. The molecule has 0 N–H and O–H groups in total. The van der Waals surface area contributed by atoms with Crippen LogP contribution in [0.3, 0.4) is 0 Å². The maximum Gasteiger partial charge on any atom is 0.343 e. The summed E-state index contributed by atoms with van der Waals surface area (Å²) < 4.78 is 36.7. The molecule has 0 aliphatic heterocycles. The summed E-state index contributed by atoms with van der Waals surface area (Å²) in [6, 6.07) is 50.7. The summed E-state index contributed by atoms with van der Waals surface area (Å²) in [5, 5.41) is 0. The first-order valence-electron chi connectivity index (χ1n) is 35.0. The number of carbonyl (C=O) groups is 6. The zero-order valence-corrected chi connectivity index (χ0v) is 56.4. The van der Waals surface area contributed by atoms with Crippen LogP contribution in [0.1, 0.15) is 248 Å². The minimum Gasteiger partial charge on any atom is -0.452 e. The van der Waals surface area contributed by atoms with E-state index in [2.05, 4.69) is 27.7 Å². The smallest absolute Gasteiger partial charge is 0.343 e. The number of fused-ring (bicyclic) bond motifs is 6. The van der Waals surface area contributed by atoms with Gasteiger partial charge < -0.3 is 28.4 Å². The van der Waals surface area contributed by atoms with Gasteiger partial charge in [0.15, 0.2) is 12.2 Å². The summed E-state index contributed by atoms with van der Waals surface area (Å²) in [4.78, 5) is 83.5. The van der Waals surface area contributed by atoms with E-state index >= 15 is 0 Å². The van der Waals surface area contributed by atoms with Gasteiger partial charge in [-0.1, -0.05) is 184 Å². The van der Waals surface area contributed by atoms with Crippen molar-refractivity contribution in [2.75, 3.05) is 0 Å². The molecule has 0 fully saturated rings. The standard InChI is InChI=1S/C84H90O12/c1-6-10-14-18-22-57-26-34-61(35-27-57)81(87)91-65-42-46-69-70-47-43-66(92-82(88)62-36-28-58(29-37-62)23-19-15-11-7-2)53-74(70)79(73(69)52-65)95-77(85)50-56(5)51-78(86)96-80-75-54-67(93-83(89)63-38-30-59(31-39-63)24-20-16-12-8-3)44-48-71(75)72-49-45-68(55-76(72)80)94-84(90)64-40-32-60(33-41-64)25-21-17-13-9-4/h26-49,52-56,79-80H,6-25,50-51H2,1-5H3. The number of unbranched alkanes of at least 4 members (excludes halogenated alkanes) is 12. The Morgan fingerprint density at radius 1 is 0.302 bits per heavy atom. The largest absolute Gasteiger partial charge is 0.452 e. The van der Waals surface area contributed by atoms with Gasteiger partial charge in [-0.3, -0.25) is 9.59 Å². The zero-order valence-electron chi connectivity index (χ0n) is 56.4. The molecule has 2 aliphatic carbocycles. The Morgan fingerprint density at radius 3 is 0.750 bits per heavy atom. The van der Waals surface area contributed by atoms with Gasteiger partial charge in [-0.25, -0.2) is 19.2 Å². The minimum absolute atomic E-state index is 0.194. The van der Waals surface area contributed by atoms with E-state index in [0.29, 0.717) is 44.5 Å². The number of benzene rings is 8. The number of rotatable bonds is 34. The normalized spacial score (nSPS) is 12.1. The number of aryl methyl sites for hydroxylation is 4. The topological polar surface area (TPSA) is 158 Å².